The van der Waals surface area contributed by atoms with Gasteiger partial charge < -0.3 is 9.64 Å². The van der Waals surface area contributed by atoms with Gasteiger partial charge in [0.05, 0.1) is 6.20 Å². The number of carbonyl (C=O) groups is 1. The summed E-state index contributed by atoms with van der Waals surface area (Å²) in [6.45, 7) is 0.216. The third-order valence-corrected chi connectivity index (χ3v) is 3.34. The summed E-state index contributed by atoms with van der Waals surface area (Å²) in [6.07, 6.45) is 3.53. The smallest absolute Gasteiger partial charge is 0.260 e. The molecule has 2 aromatic rings. The Morgan fingerprint density at radius 2 is 2.29 bits per heavy atom. The van der Waals surface area contributed by atoms with Crippen LogP contribution < -0.4 is 4.74 Å². The van der Waals surface area contributed by atoms with Crippen molar-refractivity contribution >= 4 is 21.8 Å². The summed E-state index contributed by atoms with van der Waals surface area (Å²) in [6, 6.07) is 4.43. The van der Waals surface area contributed by atoms with Crippen molar-refractivity contribution in [2.45, 2.75) is 6.54 Å². The van der Waals surface area contributed by atoms with Crippen molar-refractivity contribution in [3.8, 4) is 5.75 Å². The van der Waals surface area contributed by atoms with Gasteiger partial charge in [-0.3, -0.25) is 9.48 Å². The fraction of sp³-hybridized carbons (Fsp3) is 0.286. The van der Waals surface area contributed by atoms with E-state index in [-0.39, 0.29) is 18.3 Å². The Kier molecular flexibility index (Phi) is 4.95. The zero-order valence-electron chi connectivity index (χ0n) is 11.7. The molecule has 0 bridgehead atoms. The van der Waals surface area contributed by atoms with Crippen LogP contribution >= 0.6 is 15.9 Å². The van der Waals surface area contributed by atoms with Gasteiger partial charge >= 0.3 is 0 Å². The first-order valence-electron chi connectivity index (χ1n) is 6.25. The summed E-state index contributed by atoms with van der Waals surface area (Å²) in [4.78, 5) is 13.5. The number of hydrogen-bond donors (Lipinski definition) is 0. The zero-order chi connectivity index (χ0) is 15.4. The summed E-state index contributed by atoms with van der Waals surface area (Å²) >= 11 is 3.16. The number of rotatable bonds is 5. The van der Waals surface area contributed by atoms with Crippen LogP contribution in [0, 0.1) is 5.82 Å². The Morgan fingerprint density at radius 3 is 2.90 bits per heavy atom. The van der Waals surface area contributed by atoms with Crippen LogP contribution in [-0.2, 0) is 18.4 Å². The lowest BCUT2D eigenvalue weighted by atomic mass is 10.3. The third-order valence-electron chi connectivity index (χ3n) is 2.85. The molecule has 0 spiro atoms. The maximum atomic E-state index is 13.6. The van der Waals surface area contributed by atoms with Gasteiger partial charge in [0.25, 0.3) is 5.91 Å². The molecule has 0 fully saturated rings. The van der Waals surface area contributed by atoms with E-state index in [2.05, 4.69) is 21.0 Å². The average Bonchev–Trinajstić information content (AvgIpc) is 2.82. The molecular formula is C14H15BrFN3O2. The van der Waals surface area contributed by atoms with Gasteiger partial charge in [0.15, 0.2) is 18.2 Å². The molecule has 2 rings (SSSR count). The molecule has 0 atom stereocenters. The molecule has 0 N–H and O–H groups in total. The van der Waals surface area contributed by atoms with E-state index in [0.29, 0.717) is 11.0 Å². The summed E-state index contributed by atoms with van der Waals surface area (Å²) < 4.78 is 21.1. The minimum Gasteiger partial charge on any atom is -0.481 e. The van der Waals surface area contributed by atoms with E-state index in [4.69, 9.17) is 4.74 Å². The van der Waals surface area contributed by atoms with Gasteiger partial charge in [-0.2, -0.15) is 5.10 Å². The molecule has 0 aliphatic carbocycles. The van der Waals surface area contributed by atoms with E-state index in [1.54, 1.807) is 24.0 Å². The highest BCUT2D eigenvalue weighted by molar-refractivity contribution is 9.10. The van der Waals surface area contributed by atoms with Crippen molar-refractivity contribution in [3.05, 3.63) is 46.4 Å². The van der Waals surface area contributed by atoms with Crippen LogP contribution in [0.25, 0.3) is 0 Å². The van der Waals surface area contributed by atoms with Crippen molar-refractivity contribution in [1.82, 2.24) is 14.7 Å². The van der Waals surface area contributed by atoms with Gasteiger partial charge in [0, 0.05) is 36.9 Å². The zero-order valence-corrected chi connectivity index (χ0v) is 13.3. The predicted molar refractivity (Wildman–Crippen MR) is 79.3 cm³/mol. The van der Waals surface area contributed by atoms with E-state index < -0.39 is 5.82 Å². The van der Waals surface area contributed by atoms with Crippen LogP contribution in [0.1, 0.15) is 5.56 Å². The predicted octanol–water partition coefficient (Wildman–Crippen LogP) is 2.36. The van der Waals surface area contributed by atoms with E-state index in [0.717, 1.165) is 5.56 Å². The molecular weight excluding hydrogens is 341 g/mol. The van der Waals surface area contributed by atoms with Crippen molar-refractivity contribution in [3.63, 3.8) is 0 Å². The van der Waals surface area contributed by atoms with Crippen LogP contribution in [0.4, 0.5) is 4.39 Å². The largest absolute Gasteiger partial charge is 0.481 e. The number of nitrogens with zero attached hydrogens (tertiary/aromatic N) is 3. The van der Waals surface area contributed by atoms with E-state index in [1.807, 2.05) is 13.2 Å². The maximum Gasteiger partial charge on any atom is 0.260 e. The second-order valence-corrected chi connectivity index (χ2v) is 5.55. The molecule has 0 aliphatic heterocycles. The molecule has 0 unspecified atom stereocenters. The van der Waals surface area contributed by atoms with E-state index >= 15 is 0 Å². The van der Waals surface area contributed by atoms with Crippen molar-refractivity contribution in [2.24, 2.45) is 7.05 Å². The molecule has 0 saturated heterocycles. The standard InChI is InChI=1S/C14H15BrFN3O2/c1-18(7-10-6-17-19(2)8-10)14(20)9-21-13-4-3-11(15)5-12(13)16/h3-6,8H,7,9H2,1-2H3. The summed E-state index contributed by atoms with van der Waals surface area (Å²) in [5, 5.41) is 4.04. The number of ether oxygens (including phenoxy) is 1. The van der Waals surface area contributed by atoms with Crippen LogP contribution in [0.15, 0.2) is 35.1 Å². The second kappa shape index (κ2) is 6.71. The summed E-state index contributed by atoms with van der Waals surface area (Å²) in [7, 11) is 3.47. The molecule has 0 radical (unpaired) electrons. The van der Waals surface area contributed by atoms with Crippen molar-refractivity contribution < 1.29 is 13.9 Å². The Balaban J connectivity index is 1.89. The number of halogens is 2. The molecule has 21 heavy (non-hydrogen) atoms. The lowest BCUT2D eigenvalue weighted by molar-refractivity contribution is -0.132. The van der Waals surface area contributed by atoms with Crippen LogP contribution in [0.5, 0.6) is 5.75 Å². The number of benzene rings is 1. The summed E-state index contributed by atoms with van der Waals surface area (Å²) in [5.74, 6) is -0.686. The highest BCUT2D eigenvalue weighted by atomic mass is 79.9. The number of hydrogen-bond acceptors (Lipinski definition) is 3. The lowest BCUT2D eigenvalue weighted by Gasteiger charge is -2.16. The first kappa shape index (κ1) is 15.5. The SMILES string of the molecule is CN(Cc1cnn(C)c1)C(=O)COc1ccc(Br)cc1F. The Bertz CT molecular complexity index is 645. The summed E-state index contributed by atoms with van der Waals surface area (Å²) in [5.41, 5.74) is 0.920. The third kappa shape index (κ3) is 4.29. The van der Waals surface area contributed by atoms with Gasteiger partial charge in [-0.05, 0) is 18.2 Å². The number of carbonyl (C=O) groups excluding carboxylic acids is 1. The van der Waals surface area contributed by atoms with Gasteiger partial charge in [0.2, 0.25) is 0 Å². The second-order valence-electron chi connectivity index (χ2n) is 4.64. The molecule has 7 heteroatoms. The van der Waals surface area contributed by atoms with E-state index in [9.17, 15) is 9.18 Å². The fourth-order valence-corrected chi connectivity index (χ4v) is 2.09. The first-order chi connectivity index (χ1) is 9.95. The Labute approximate surface area is 130 Å². The molecule has 1 amide bonds. The van der Waals surface area contributed by atoms with Crippen LogP contribution in [-0.4, -0.2) is 34.2 Å². The minimum absolute atomic E-state index is 0.0568. The number of likely N-dealkylation sites (N-methyl/N-ethyl adjacent to an activating group) is 1. The minimum atomic E-state index is -0.507. The van der Waals surface area contributed by atoms with E-state index in [1.165, 1.54) is 17.0 Å². The maximum absolute atomic E-state index is 13.6. The lowest BCUT2D eigenvalue weighted by Crippen LogP contribution is -2.30. The van der Waals surface area contributed by atoms with Crippen LogP contribution in [0.3, 0.4) is 0 Å². The molecule has 0 saturated carbocycles. The van der Waals surface area contributed by atoms with Gasteiger partial charge in [-0.1, -0.05) is 15.9 Å². The molecule has 112 valence electrons. The highest BCUT2D eigenvalue weighted by Crippen LogP contribution is 2.21. The molecule has 5 nitrogen and oxygen atoms in total. The van der Waals surface area contributed by atoms with Gasteiger partial charge in [-0.25, -0.2) is 4.39 Å². The van der Waals surface area contributed by atoms with Gasteiger partial charge in [-0.15, -0.1) is 0 Å². The Hall–Kier alpha value is -1.89. The number of aryl methyl sites for hydroxylation is 1. The molecule has 1 aromatic carbocycles. The molecule has 1 aromatic heterocycles. The molecule has 1 heterocycles. The average molecular weight is 356 g/mol. The van der Waals surface area contributed by atoms with Crippen molar-refractivity contribution in [2.75, 3.05) is 13.7 Å². The molecule has 0 aliphatic rings. The first-order valence-corrected chi connectivity index (χ1v) is 7.04. The number of aromatic nitrogens is 2. The van der Waals surface area contributed by atoms with Crippen LogP contribution in [0.2, 0.25) is 0 Å². The topological polar surface area (TPSA) is 47.4 Å². The number of amides is 1. The highest BCUT2D eigenvalue weighted by Gasteiger charge is 2.12. The van der Waals surface area contributed by atoms with Gasteiger partial charge in [0.1, 0.15) is 0 Å². The van der Waals surface area contributed by atoms with Crippen molar-refractivity contribution in [1.29, 1.82) is 0 Å². The fourth-order valence-electron chi connectivity index (χ4n) is 1.76. The Morgan fingerprint density at radius 1 is 1.52 bits per heavy atom. The quantitative estimate of drug-likeness (QED) is 0.827. The monoisotopic (exact) mass is 355 g/mol. The normalized spacial score (nSPS) is 10.5.